The van der Waals surface area contributed by atoms with E-state index < -0.39 is 0 Å². The lowest BCUT2D eigenvalue weighted by Crippen LogP contribution is -2.34. The van der Waals surface area contributed by atoms with Gasteiger partial charge in [-0.3, -0.25) is 9.59 Å². The van der Waals surface area contributed by atoms with Gasteiger partial charge in [-0.05, 0) is 48.4 Å². The first-order chi connectivity index (χ1) is 16.0. The summed E-state index contributed by atoms with van der Waals surface area (Å²) < 4.78 is 15.4. The monoisotopic (exact) mass is 444 g/mol. The summed E-state index contributed by atoms with van der Waals surface area (Å²) in [5.41, 5.74) is 4.06. The van der Waals surface area contributed by atoms with Crippen LogP contribution in [0, 0.1) is 12.7 Å². The SMILES string of the molecule is Cc1ccccc1C(=O)NCCC(=O)NC(Cn1cnc2ccccc21)c1ccc(F)cc1. The predicted molar refractivity (Wildman–Crippen MR) is 125 cm³/mol. The molecule has 4 aromatic rings. The van der Waals surface area contributed by atoms with E-state index in [0.717, 1.165) is 22.2 Å². The van der Waals surface area contributed by atoms with Gasteiger partial charge < -0.3 is 15.2 Å². The maximum Gasteiger partial charge on any atom is 0.251 e. The van der Waals surface area contributed by atoms with Gasteiger partial charge in [-0.15, -0.1) is 0 Å². The minimum atomic E-state index is -0.386. The normalized spacial score (nSPS) is 11.8. The van der Waals surface area contributed by atoms with Gasteiger partial charge in [0.1, 0.15) is 5.82 Å². The van der Waals surface area contributed by atoms with Gasteiger partial charge in [0.25, 0.3) is 5.91 Å². The summed E-state index contributed by atoms with van der Waals surface area (Å²) in [7, 11) is 0. The fourth-order valence-electron chi connectivity index (χ4n) is 3.76. The van der Waals surface area contributed by atoms with Gasteiger partial charge in [-0.25, -0.2) is 9.37 Å². The Morgan fingerprint density at radius 3 is 2.52 bits per heavy atom. The summed E-state index contributed by atoms with van der Waals surface area (Å²) in [6, 6.07) is 20.8. The summed E-state index contributed by atoms with van der Waals surface area (Å²) in [6.07, 6.45) is 1.86. The molecule has 168 valence electrons. The number of carbonyl (C=O) groups is 2. The molecule has 0 spiro atoms. The molecule has 2 N–H and O–H groups in total. The fraction of sp³-hybridized carbons (Fsp3) is 0.192. The van der Waals surface area contributed by atoms with Crippen LogP contribution in [0.4, 0.5) is 4.39 Å². The summed E-state index contributed by atoms with van der Waals surface area (Å²) in [5, 5.41) is 5.82. The minimum absolute atomic E-state index is 0.125. The van der Waals surface area contributed by atoms with Gasteiger partial charge in [0.2, 0.25) is 5.91 Å². The number of hydrogen-bond acceptors (Lipinski definition) is 3. The van der Waals surface area contributed by atoms with Gasteiger partial charge in [0.15, 0.2) is 0 Å². The largest absolute Gasteiger partial charge is 0.352 e. The second kappa shape index (κ2) is 10.1. The van der Waals surface area contributed by atoms with Crippen molar-refractivity contribution in [1.82, 2.24) is 20.2 Å². The number of imidazole rings is 1. The smallest absolute Gasteiger partial charge is 0.251 e. The minimum Gasteiger partial charge on any atom is -0.352 e. The van der Waals surface area contributed by atoms with Gasteiger partial charge in [-0.2, -0.15) is 0 Å². The highest BCUT2D eigenvalue weighted by Crippen LogP contribution is 2.20. The molecule has 6 nitrogen and oxygen atoms in total. The summed E-state index contributed by atoms with van der Waals surface area (Å²) in [6.45, 7) is 2.52. The third-order valence-electron chi connectivity index (χ3n) is 5.54. The first kappa shape index (κ1) is 22.2. The Kier molecular flexibility index (Phi) is 6.78. The molecule has 4 rings (SSSR count). The zero-order valence-corrected chi connectivity index (χ0v) is 18.3. The van der Waals surface area contributed by atoms with E-state index in [4.69, 9.17) is 0 Å². The number of para-hydroxylation sites is 2. The van der Waals surface area contributed by atoms with Crippen molar-refractivity contribution < 1.29 is 14.0 Å². The standard InChI is InChI=1S/C26H25FN4O2/c1-18-6-2-3-7-21(18)26(33)28-15-14-25(32)30-23(19-10-12-20(27)13-11-19)16-31-17-29-22-8-4-5-9-24(22)31/h2-13,17,23H,14-16H2,1H3,(H,28,33)(H,30,32). The summed E-state index contributed by atoms with van der Waals surface area (Å²) in [5.74, 6) is -0.754. The zero-order chi connectivity index (χ0) is 23.2. The Balaban J connectivity index is 1.42. The molecule has 0 aliphatic rings. The van der Waals surface area contributed by atoms with Crippen molar-refractivity contribution in [2.75, 3.05) is 6.54 Å². The second-order valence-electron chi connectivity index (χ2n) is 7.88. The molecule has 1 heterocycles. The quantitative estimate of drug-likeness (QED) is 0.429. The first-order valence-corrected chi connectivity index (χ1v) is 10.8. The maximum absolute atomic E-state index is 13.5. The summed E-state index contributed by atoms with van der Waals surface area (Å²) in [4.78, 5) is 29.5. The van der Waals surface area contributed by atoms with Gasteiger partial charge in [-0.1, -0.05) is 42.5 Å². The predicted octanol–water partition coefficient (Wildman–Crippen LogP) is 4.16. The highest BCUT2D eigenvalue weighted by Gasteiger charge is 2.17. The highest BCUT2D eigenvalue weighted by molar-refractivity contribution is 5.95. The number of nitrogens with one attached hydrogen (secondary N) is 2. The van der Waals surface area contributed by atoms with E-state index in [2.05, 4.69) is 15.6 Å². The molecule has 0 fully saturated rings. The van der Waals surface area contributed by atoms with Crippen LogP contribution < -0.4 is 10.6 Å². The highest BCUT2D eigenvalue weighted by atomic mass is 19.1. The Morgan fingerprint density at radius 2 is 1.73 bits per heavy atom. The number of fused-ring (bicyclic) bond motifs is 1. The maximum atomic E-state index is 13.5. The van der Waals surface area contributed by atoms with Crippen LogP contribution in [0.1, 0.15) is 33.9 Å². The molecule has 0 saturated heterocycles. The lowest BCUT2D eigenvalue weighted by atomic mass is 10.1. The lowest BCUT2D eigenvalue weighted by Gasteiger charge is -2.20. The average molecular weight is 445 g/mol. The van der Waals surface area contributed by atoms with Gasteiger partial charge >= 0.3 is 0 Å². The van der Waals surface area contributed by atoms with Crippen LogP contribution in [0.5, 0.6) is 0 Å². The number of halogens is 1. The molecule has 0 radical (unpaired) electrons. The second-order valence-corrected chi connectivity index (χ2v) is 7.88. The van der Waals surface area contributed by atoms with Gasteiger partial charge in [0, 0.05) is 25.1 Å². The van der Waals surface area contributed by atoms with Gasteiger partial charge in [0.05, 0.1) is 23.4 Å². The van der Waals surface area contributed by atoms with E-state index in [1.54, 1.807) is 24.5 Å². The van der Waals surface area contributed by atoms with E-state index in [9.17, 15) is 14.0 Å². The molecule has 2 amide bonds. The van der Waals surface area contributed by atoms with Crippen molar-refractivity contribution in [3.8, 4) is 0 Å². The third-order valence-corrected chi connectivity index (χ3v) is 5.54. The molecule has 1 unspecified atom stereocenters. The molecule has 0 saturated carbocycles. The molecule has 7 heteroatoms. The number of benzene rings is 3. The van der Waals surface area contributed by atoms with Crippen LogP contribution in [-0.2, 0) is 11.3 Å². The molecule has 1 aromatic heterocycles. The molecule has 0 aliphatic heterocycles. The van der Waals surface area contributed by atoms with Crippen LogP contribution in [0.2, 0.25) is 0 Å². The van der Waals surface area contributed by atoms with E-state index in [1.165, 1.54) is 12.1 Å². The van der Waals surface area contributed by atoms with Crippen molar-refractivity contribution in [3.05, 3.63) is 102 Å². The molecule has 3 aromatic carbocycles. The Morgan fingerprint density at radius 1 is 1.00 bits per heavy atom. The van der Waals surface area contributed by atoms with Crippen LogP contribution >= 0.6 is 0 Å². The topological polar surface area (TPSA) is 76.0 Å². The molecule has 33 heavy (non-hydrogen) atoms. The number of carbonyl (C=O) groups excluding carboxylic acids is 2. The lowest BCUT2D eigenvalue weighted by molar-refractivity contribution is -0.121. The number of nitrogens with zero attached hydrogens (tertiary/aromatic N) is 2. The number of aryl methyl sites for hydroxylation is 1. The Labute approximate surface area is 191 Å². The van der Waals surface area contributed by atoms with E-state index in [-0.39, 0.29) is 36.6 Å². The van der Waals surface area contributed by atoms with Crippen molar-refractivity contribution in [2.24, 2.45) is 0 Å². The van der Waals surface area contributed by atoms with Crippen LogP contribution in [0.3, 0.4) is 0 Å². The van der Waals surface area contributed by atoms with Crippen LogP contribution in [0.15, 0.2) is 79.1 Å². The molecular formula is C26H25FN4O2. The van der Waals surface area contributed by atoms with Crippen molar-refractivity contribution >= 4 is 22.8 Å². The summed E-state index contributed by atoms with van der Waals surface area (Å²) >= 11 is 0. The van der Waals surface area contributed by atoms with Crippen LogP contribution in [0.25, 0.3) is 11.0 Å². The Hall–Kier alpha value is -4.00. The molecule has 0 bridgehead atoms. The number of hydrogen-bond donors (Lipinski definition) is 2. The first-order valence-electron chi connectivity index (χ1n) is 10.8. The van der Waals surface area contributed by atoms with E-state index in [0.29, 0.717) is 12.1 Å². The van der Waals surface area contributed by atoms with Crippen molar-refractivity contribution in [1.29, 1.82) is 0 Å². The average Bonchev–Trinajstić information content (AvgIpc) is 3.22. The number of aromatic nitrogens is 2. The van der Waals surface area contributed by atoms with Crippen LogP contribution in [-0.4, -0.2) is 27.9 Å². The number of rotatable bonds is 8. The van der Waals surface area contributed by atoms with Crippen molar-refractivity contribution in [3.63, 3.8) is 0 Å². The van der Waals surface area contributed by atoms with Crippen molar-refractivity contribution in [2.45, 2.75) is 25.9 Å². The molecular weight excluding hydrogens is 419 g/mol. The molecule has 0 aliphatic carbocycles. The Bertz CT molecular complexity index is 1270. The third kappa shape index (κ3) is 5.44. The number of amides is 2. The fourth-order valence-corrected chi connectivity index (χ4v) is 3.76. The van der Waals surface area contributed by atoms with E-state index in [1.807, 2.05) is 54.0 Å². The van der Waals surface area contributed by atoms with E-state index >= 15 is 0 Å². The zero-order valence-electron chi connectivity index (χ0n) is 18.3. The molecule has 1 atom stereocenters.